The first-order chi connectivity index (χ1) is 10.1. The number of hydrogen-bond acceptors (Lipinski definition) is 4. The van der Waals surface area contributed by atoms with Crippen LogP contribution in [0.15, 0.2) is 24.3 Å². The lowest BCUT2D eigenvalue weighted by Gasteiger charge is -2.27. The number of aliphatic carboxylic acids is 1. The molecule has 6 nitrogen and oxygen atoms in total. The largest absolute Gasteiger partial charge is 0.481 e. The molecule has 1 saturated heterocycles. The van der Waals surface area contributed by atoms with Gasteiger partial charge in [0.2, 0.25) is 5.91 Å². The molecule has 1 aliphatic rings. The van der Waals surface area contributed by atoms with Crippen LogP contribution in [0.3, 0.4) is 0 Å². The molecule has 0 aliphatic carbocycles. The highest BCUT2D eigenvalue weighted by molar-refractivity contribution is 5.91. The van der Waals surface area contributed by atoms with E-state index >= 15 is 0 Å². The average Bonchev–Trinajstić information content (AvgIpc) is 2.48. The van der Waals surface area contributed by atoms with Gasteiger partial charge in [0.15, 0.2) is 0 Å². The van der Waals surface area contributed by atoms with E-state index in [1.54, 1.807) is 6.07 Å². The van der Waals surface area contributed by atoms with E-state index in [-0.39, 0.29) is 18.4 Å². The summed E-state index contributed by atoms with van der Waals surface area (Å²) in [5, 5.41) is 14.3. The van der Waals surface area contributed by atoms with Crippen molar-refractivity contribution in [2.75, 3.05) is 25.0 Å². The molecule has 0 bridgehead atoms. The summed E-state index contributed by atoms with van der Waals surface area (Å²) in [5.74, 6) is -2.39. The number of piperidine rings is 1. The number of rotatable bonds is 5. The molecule has 0 spiro atoms. The van der Waals surface area contributed by atoms with E-state index in [4.69, 9.17) is 9.84 Å². The Labute approximate surface area is 121 Å². The first-order valence-electron chi connectivity index (χ1n) is 6.65. The SMILES string of the molecule is O=C(COC1CNCC(C(=O)O)C1)Nc1ccccc1F. The summed E-state index contributed by atoms with van der Waals surface area (Å²) in [6.07, 6.45) is 0.0150. The highest BCUT2D eigenvalue weighted by Crippen LogP contribution is 2.15. The van der Waals surface area contributed by atoms with Crippen LogP contribution in [0.1, 0.15) is 6.42 Å². The molecule has 1 aromatic rings. The molecule has 0 aromatic heterocycles. The van der Waals surface area contributed by atoms with Gasteiger partial charge in [0.1, 0.15) is 12.4 Å². The fourth-order valence-electron chi connectivity index (χ4n) is 2.16. The Morgan fingerprint density at radius 3 is 2.86 bits per heavy atom. The molecule has 0 radical (unpaired) electrons. The van der Waals surface area contributed by atoms with E-state index in [2.05, 4.69) is 10.6 Å². The van der Waals surface area contributed by atoms with Gasteiger partial charge in [-0.05, 0) is 18.6 Å². The number of carboxylic acid groups (broad SMARTS) is 1. The number of benzene rings is 1. The zero-order valence-corrected chi connectivity index (χ0v) is 11.3. The zero-order valence-electron chi connectivity index (χ0n) is 11.3. The van der Waals surface area contributed by atoms with Crippen LogP contribution in [-0.4, -0.2) is 42.8 Å². The summed E-state index contributed by atoms with van der Waals surface area (Å²) in [7, 11) is 0. The minimum Gasteiger partial charge on any atom is -0.481 e. The van der Waals surface area contributed by atoms with Crippen LogP contribution in [-0.2, 0) is 14.3 Å². The maximum atomic E-state index is 13.4. The normalized spacial score (nSPS) is 21.8. The van der Waals surface area contributed by atoms with Crippen molar-refractivity contribution >= 4 is 17.6 Å². The van der Waals surface area contributed by atoms with Gasteiger partial charge in [-0.3, -0.25) is 9.59 Å². The van der Waals surface area contributed by atoms with Crippen LogP contribution in [0.25, 0.3) is 0 Å². The summed E-state index contributed by atoms with van der Waals surface area (Å²) in [6, 6.07) is 5.85. The van der Waals surface area contributed by atoms with Crippen molar-refractivity contribution in [2.24, 2.45) is 5.92 Å². The van der Waals surface area contributed by atoms with Gasteiger partial charge >= 0.3 is 5.97 Å². The second-order valence-electron chi connectivity index (χ2n) is 4.89. The van der Waals surface area contributed by atoms with Gasteiger partial charge in [-0.2, -0.15) is 0 Å². The number of hydrogen-bond donors (Lipinski definition) is 3. The third-order valence-corrected chi connectivity index (χ3v) is 3.26. The number of nitrogens with one attached hydrogen (secondary N) is 2. The lowest BCUT2D eigenvalue weighted by molar-refractivity contribution is -0.144. The lowest BCUT2D eigenvalue weighted by atomic mass is 9.98. The molecule has 1 amide bonds. The van der Waals surface area contributed by atoms with Gasteiger partial charge in [-0.25, -0.2) is 4.39 Å². The lowest BCUT2D eigenvalue weighted by Crippen LogP contribution is -2.44. The Morgan fingerprint density at radius 2 is 2.14 bits per heavy atom. The van der Waals surface area contributed by atoms with E-state index in [0.29, 0.717) is 19.5 Å². The van der Waals surface area contributed by atoms with Crippen molar-refractivity contribution in [3.05, 3.63) is 30.1 Å². The molecule has 0 saturated carbocycles. The second kappa shape index (κ2) is 7.14. The number of ether oxygens (including phenoxy) is 1. The fourth-order valence-corrected chi connectivity index (χ4v) is 2.16. The number of carbonyl (C=O) groups is 2. The van der Waals surface area contributed by atoms with Crippen molar-refractivity contribution in [3.8, 4) is 0 Å². The first kappa shape index (κ1) is 15.4. The molecule has 114 valence electrons. The molecule has 1 aliphatic heterocycles. The van der Waals surface area contributed by atoms with Gasteiger partial charge in [-0.15, -0.1) is 0 Å². The van der Waals surface area contributed by atoms with Gasteiger partial charge in [0.05, 0.1) is 17.7 Å². The summed E-state index contributed by atoms with van der Waals surface area (Å²) in [5.41, 5.74) is 0.0938. The summed E-state index contributed by atoms with van der Waals surface area (Å²) in [4.78, 5) is 22.6. The molecule has 21 heavy (non-hydrogen) atoms. The third-order valence-electron chi connectivity index (χ3n) is 3.26. The Bertz CT molecular complexity index is 523. The summed E-state index contributed by atoms with van der Waals surface area (Å²) >= 11 is 0. The topological polar surface area (TPSA) is 87.7 Å². The predicted molar refractivity (Wildman–Crippen MR) is 73.4 cm³/mol. The molecule has 2 atom stereocenters. The molecular weight excluding hydrogens is 279 g/mol. The van der Waals surface area contributed by atoms with Gasteiger partial charge in [0.25, 0.3) is 0 Å². The second-order valence-corrected chi connectivity index (χ2v) is 4.89. The molecule has 1 heterocycles. The van der Waals surface area contributed by atoms with E-state index in [0.717, 1.165) is 0 Å². The number of amides is 1. The van der Waals surface area contributed by atoms with E-state index in [9.17, 15) is 14.0 Å². The Kier molecular flexibility index (Phi) is 5.24. The fraction of sp³-hybridized carbons (Fsp3) is 0.429. The Hall–Kier alpha value is -1.99. The number of carbonyl (C=O) groups excluding carboxylic acids is 1. The monoisotopic (exact) mass is 296 g/mol. The van der Waals surface area contributed by atoms with Crippen LogP contribution in [0.2, 0.25) is 0 Å². The number of carboxylic acids is 1. The maximum absolute atomic E-state index is 13.4. The molecule has 2 unspecified atom stereocenters. The Balaban J connectivity index is 1.79. The quantitative estimate of drug-likeness (QED) is 0.749. The van der Waals surface area contributed by atoms with E-state index in [1.807, 2.05) is 0 Å². The van der Waals surface area contributed by atoms with Gasteiger partial charge in [0, 0.05) is 13.1 Å². The average molecular weight is 296 g/mol. The maximum Gasteiger partial charge on any atom is 0.307 e. The molecular formula is C14H17FN2O4. The van der Waals surface area contributed by atoms with Crippen molar-refractivity contribution in [1.82, 2.24) is 5.32 Å². The highest BCUT2D eigenvalue weighted by Gasteiger charge is 2.27. The highest BCUT2D eigenvalue weighted by atomic mass is 19.1. The smallest absolute Gasteiger partial charge is 0.307 e. The predicted octanol–water partition coefficient (Wildman–Crippen LogP) is 0.844. The summed E-state index contributed by atoms with van der Waals surface area (Å²) in [6.45, 7) is 0.653. The van der Waals surface area contributed by atoms with Crippen molar-refractivity contribution < 1.29 is 23.8 Å². The van der Waals surface area contributed by atoms with Gasteiger partial charge < -0.3 is 20.5 Å². The van der Waals surface area contributed by atoms with Crippen LogP contribution in [0.5, 0.6) is 0 Å². The van der Waals surface area contributed by atoms with Crippen molar-refractivity contribution in [1.29, 1.82) is 0 Å². The van der Waals surface area contributed by atoms with Crippen molar-refractivity contribution in [3.63, 3.8) is 0 Å². The van der Waals surface area contributed by atoms with Crippen LogP contribution >= 0.6 is 0 Å². The third kappa shape index (κ3) is 4.51. The van der Waals surface area contributed by atoms with Crippen LogP contribution in [0, 0.1) is 11.7 Å². The molecule has 1 fully saturated rings. The Morgan fingerprint density at radius 1 is 1.38 bits per heavy atom. The summed E-state index contributed by atoms with van der Waals surface area (Å²) < 4.78 is 18.7. The minimum atomic E-state index is -0.883. The number of halogens is 1. The minimum absolute atomic E-state index is 0.0938. The zero-order chi connectivity index (χ0) is 15.2. The number of anilines is 1. The molecule has 1 aromatic carbocycles. The standard InChI is InChI=1S/C14H17FN2O4/c15-11-3-1-2-4-12(11)17-13(18)8-21-10-5-9(14(19)20)6-16-7-10/h1-4,9-10,16H,5-8H2,(H,17,18)(H,19,20). The molecule has 3 N–H and O–H groups in total. The molecule has 2 rings (SSSR count). The molecule has 7 heteroatoms. The van der Waals surface area contributed by atoms with E-state index < -0.39 is 23.6 Å². The van der Waals surface area contributed by atoms with Crippen LogP contribution < -0.4 is 10.6 Å². The van der Waals surface area contributed by atoms with Gasteiger partial charge in [-0.1, -0.05) is 12.1 Å². The van der Waals surface area contributed by atoms with Crippen molar-refractivity contribution in [2.45, 2.75) is 12.5 Å². The first-order valence-corrected chi connectivity index (χ1v) is 6.65. The van der Waals surface area contributed by atoms with E-state index in [1.165, 1.54) is 18.2 Å². The number of para-hydroxylation sites is 1. The van der Waals surface area contributed by atoms with Crippen LogP contribution in [0.4, 0.5) is 10.1 Å².